The van der Waals surface area contributed by atoms with E-state index in [0.29, 0.717) is 18.4 Å². The third-order valence-corrected chi connectivity index (χ3v) is 2.11. The minimum atomic E-state index is -0.303. The van der Waals surface area contributed by atoms with E-state index >= 15 is 0 Å². The average Bonchev–Trinajstić information content (AvgIpc) is 2.34. The molecule has 0 saturated carbocycles. The lowest BCUT2D eigenvalue weighted by molar-refractivity contribution is -0.127. The molecule has 0 spiro atoms. The Morgan fingerprint density at radius 2 is 2.50 bits per heavy atom. The summed E-state index contributed by atoms with van der Waals surface area (Å²) in [6.45, 7) is 1.20. The Balaban J connectivity index is 2.37. The molecule has 1 saturated heterocycles. The number of β-amino-alcohol motifs (C(OH)–C–C–N with tert-alkyl or cyclic N) is 1. The fourth-order valence-electron chi connectivity index (χ4n) is 1.05. The number of amides is 1. The lowest BCUT2D eigenvalue weighted by Crippen LogP contribution is -2.30. The first kappa shape index (κ1) is 8.01. The van der Waals surface area contributed by atoms with Gasteiger partial charge in [0.2, 0.25) is 5.91 Å². The highest BCUT2D eigenvalue weighted by molar-refractivity contribution is 9.09. The number of aliphatic hydroxyl groups is 1. The van der Waals surface area contributed by atoms with Crippen molar-refractivity contribution < 1.29 is 9.90 Å². The van der Waals surface area contributed by atoms with Gasteiger partial charge in [-0.3, -0.25) is 4.79 Å². The Hall–Kier alpha value is -0.0900. The van der Waals surface area contributed by atoms with Crippen molar-refractivity contribution in [3.8, 4) is 0 Å². The van der Waals surface area contributed by atoms with Crippen LogP contribution in [0.4, 0.5) is 0 Å². The summed E-state index contributed by atoms with van der Waals surface area (Å²) in [5.74, 6) is 0.0663. The number of hydrogen-bond donors (Lipinski definition) is 1. The molecule has 0 radical (unpaired) electrons. The van der Waals surface area contributed by atoms with Crippen LogP contribution in [0.2, 0.25) is 0 Å². The minimum Gasteiger partial charge on any atom is -0.391 e. The summed E-state index contributed by atoms with van der Waals surface area (Å²) >= 11 is 3.07. The number of aliphatic hydroxyl groups excluding tert-OH is 1. The zero-order valence-corrected chi connectivity index (χ0v) is 7.17. The fraction of sp³-hybridized carbons (Fsp3) is 0.833. The maximum absolute atomic E-state index is 10.9. The molecule has 0 aromatic rings. The minimum absolute atomic E-state index is 0.0663. The molecule has 0 aromatic carbocycles. The van der Waals surface area contributed by atoms with Gasteiger partial charge in [-0.2, -0.15) is 0 Å². The average molecular weight is 208 g/mol. The number of rotatable bonds is 1. The molecule has 4 heteroatoms. The van der Waals surface area contributed by atoms with Gasteiger partial charge in [0.1, 0.15) is 0 Å². The molecule has 1 aliphatic heterocycles. The second kappa shape index (κ2) is 3.34. The van der Waals surface area contributed by atoms with Crippen LogP contribution < -0.4 is 0 Å². The highest BCUT2D eigenvalue weighted by atomic mass is 79.9. The molecule has 1 N–H and O–H groups in total. The zero-order valence-electron chi connectivity index (χ0n) is 5.59. The Labute approximate surface area is 68.1 Å². The number of hydrogen-bond acceptors (Lipinski definition) is 2. The maximum atomic E-state index is 10.9. The SMILES string of the molecule is O=C(CBr)N1CCC(O)C1. The predicted molar refractivity (Wildman–Crippen MR) is 41.0 cm³/mol. The summed E-state index contributed by atoms with van der Waals surface area (Å²) < 4.78 is 0. The molecule has 0 bridgehead atoms. The molecule has 1 unspecified atom stereocenters. The molecular weight excluding hydrogens is 198 g/mol. The fourth-order valence-corrected chi connectivity index (χ4v) is 1.41. The topological polar surface area (TPSA) is 40.5 Å². The van der Waals surface area contributed by atoms with Crippen LogP contribution in [0.1, 0.15) is 6.42 Å². The van der Waals surface area contributed by atoms with Crippen LogP contribution in [0.25, 0.3) is 0 Å². The van der Waals surface area contributed by atoms with Gasteiger partial charge in [-0.1, -0.05) is 15.9 Å². The number of halogens is 1. The van der Waals surface area contributed by atoms with Crippen LogP contribution in [-0.2, 0) is 4.79 Å². The Morgan fingerprint density at radius 3 is 2.90 bits per heavy atom. The van der Waals surface area contributed by atoms with Gasteiger partial charge in [-0.25, -0.2) is 0 Å². The summed E-state index contributed by atoms with van der Waals surface area (Å²) in [7, 11) is 0. The lowest BCUT2D eigenvalue weighted by Gasteiger charge is -2.12. The van der Waals surface area contributed by atoms with Crippen molar-refractivity contribution in [2.75, 3.05) is 18.4 Å². The highest BCUT2D eigenvalue weighted by Crippen LogP contribution is 2.08. The zero-order chi connectivity index (χ0) is 7.56. The van der Waals surface area contributed by atoms with E-state index in [0.717, 1.165) is 6.42 Å². The standard InChI is InChI=1S/C6H10BrNO2/c7-3-6(10)8-2-1-5(9)4-8/h5,9H,1-4H2. The lowest BCUT2D eigenvalue weighted by atomic mass is 10.3. The van der Waals surface area contributed by atoms with Crippen LogP contribution in [0.5, 0.6) is 0 Å². The molecule has 10 heavy (non-hydrogen) atoms. The van der Waals surface area contributed by atoms with Crippen molar-refractivity contribution in [1.82, 2.24) is 4.90 Å². The van der Waals surface area contributed by atoms with Gasteiger partial charge < -0.3 is 10.0 Å². The van der Waals surface area contributed by atoms with Crippen molar-refractivity contribution in [3.05, 3.63) is 0 Å². The van der Waals surface area contributed by atoms with Gasteiger partial charge >= 0.3 is 0 Å². The molecule has 1 heterocycles. The second-order valence-corrected chi connectivity index (χ2v) is 2.98. The van der Waals surface area contributed by atoms with Crippen molar-refractivity contribution >= 4 is 21.8 Å². The quantitative estimate of drug-likeness (QED) is 0.615. The van der Waals surface area contributed by atoms with E-state index in [1.54, 1.807) is 4.90 Å². The monoisotopic (exact) mass is 207 g/mol. The van der Waals surface area contributed by atoms with Crippen LogP contribution in [0.3, 0.4) is 0 Å². The van der Waals surface area contributed by atoms with Gasteiger partial charge in [0.15, 0.2) is 0 Å². The summed E-state index contributed by atoms with van der Waals surface area (Å²) in [6.07, 6.45) is 0.418. The van der Waals surface area contributed by atoms with Crippen molar-refractivity contribution in [2.24, 2.45) is 0 Å². The Morgan fingerprint density at radius 1 is 1.80 bits per heavy atom. The van der Waals surface area contributed by atoms with Crippen molar-refractivity contribution in [1.29, 1.82) is 0 Å². The molecule has 1 aliphatic rings. The normalized spacial score (nSPS) is 25.4. The maximum Gasteiger partial charge on any atom is 0.233 e. The number of nitrogens with zero attached hydrogens (tertiary/aromatic N) is 1. The van der Waals surface area contributed by atoms with E-state index in [1.807, 2.05) is 0 Å². The van der Waals surface area contributed by atoms with Gasteiger partial charge in [-0.05, 0) is 6.42 Å². The molecule has 58 valence electrons. The van der Waals surface area contributed by atoms with Crippen molar-refractivity contribution in [2.45, 2.75) is 12.5 Å². The van der Waals surface area contributed by atoms with Crippen molar-refractivity contribution in [3.63, 3.8) is 0 Å². The number of carbonyl (C=O) groups excluding carboxylic acids is 1. The summed E-state index contributed by atoms with van der Waals surface area (Å²) in [5, 5.41) is 9.40. The summed E-state index contributed by atoms with van der Waals surface area (Å²) in [4.78, 5) is 12.6. The van der Waals surface area contributed by atoms with E-state index in [4.69, 9.17) is 5.11 Å². The van der Waals surface area contributed by atoms with E-state index < -0.39 is 0 Å². The molecular formula is C6H10BrNO2. The Kier molecular flexibility index (Phi) is 2.68. The van der Waals surface area contributed by atoms with E-state index in [2.05, 4.69) is 15.9 Å². The van der Waals surface area contributed by atoms with Gasteiger partial charge in [0.05, 0.1) is 11.4 Å². The number of alkyl halides is 1. The smallest absolute Gasteiger partial charge is 0.233 e. The van der Waals surface area contributed by atoms with Crippen LogP contribution >= 0.6 is 15.9 Å². The van der Waals surface area contributed by atoms with Gasteiger partial charge in [-0.15, -0.1) is 0 Å². The predicted octanol–water partition coefficient (Wildman–Crippen LogP) is -0.0255. The first-order chi connectivity index (χ1) is 4.74. The third-order valence-electron chi connectivity index (χ3n) is 1.63. The highest BCUT2D eigenvalue weighted by Gasteiger charge is 2.23. The largest absolute Gasteiger partial charge is 0.391 e. The van der Waals surface area contributed by atoms with E-state index in [9.17, 15) is 4.79 Å². The molecule has 0 aliphatic carbocycles. The molecule has 1 fully saturated rings. The second-order valence-electron chi connectivity index (χ2n) is 2.42. The van der Waals surface area contributed by atoms with Crippen LogP contribution in [-0.4, -0.2) is 40.4 Å². The van der Waals surface area contributed by atoms with Gasteiger partial charge in [0.25, 0.3) is 0 Å². The molecule has 1 amide bonds. The molecule has 1 atom stereocenters. The Bertz CT molecular complexity index is 140. The van der Waals surface area contributed by atoms with Crippen LogP contribution in [0.15, 0.2) is 0 Å². The first-order valence-electron chi connectivity index (χ1n) is 3.26. The molecule has 3 nitrogen and oxygen atoms in total. The summed E-state index contributed by atoms with van der Waals surface area (Å²) in [6, 6.07) is 0. The number of likely N-dealkylation sites (tertiary alicyclic amines) is 1. The van der Waals surface area contributed by atoms with E-state index in [-0.39, 0.29) is 12.0 Å². The first-order valence-corrected chi connectivity index (χ1v) is 4.38. The third kappa shape index (κ3) is 1.70. The van der Waals surface area contributed by atoms with Gasteiger partial charge in [0, 0.05) is 13.1 Å². The molecule has 0 aromatic heterocycles. The molecule has 1 rings (SSSR count). The number of carbonyl (C=O) groups is 1. The van der Waals surface area contributed by atoms with Crippen LogP contribution in [0, 0.1) is 0 Å². The van der Waals surface area contributed by atoms with E-state index in [1.165, 1.54) is 0 Å². The summed E-state index contributed by atoms with van der Waals surface area (Å²) in [5.41, 5.74) is 0.